The van der Waals surface area contributed by atoms with E-state index in [0.29, 0.717) is 6.61 Å². The summed E-state index contributed by atoms with van der Waals surface area (Å²) in [7, 11) is 0. The van der Waals surface area contributed by atoms with E-state index in [9.17, 15) is 9.59 Å². The van der Waals surface area contributed by atoms with Gasteiger partial charge in [-0.3, -0.25) is 9.59 Å². The van der Waals surface area contributed by atoms with E-state index in [-0.39, 0.29) is 23.0 Å². The number of thioether (sulfide) groups is 1. The maximum absolute atomic E-state index is 12.2. The van der Waals surface area contributed by atoms with Crippen LogP contribution in [0.15, 0.2) is 35.4 Å². The van der Waals surface area contributed by atoms with Crippen LogP contribution < -0.4 is 5.43 Å². The Labute approximate surface area is 147 Å². The fourth-order valence-electron chi connectivity index (χ4n) is 2.55. The van der Waals surface area contributed by atoms with Crippen LogP contribution in [0.5, 0.6) is 0 Å². The average molecular weight is 348 g/mol. The van der Waals surface area contributed by atoms with Gasteiger partial charge < -0.3 is 4.74 Å². The maximum Gasteiger partial charge on any atom is 0.314 e. The van der Waals surface area contributed by atoms with Crippen molar-refractivity contribution < 1.29 is 14.3 Å². The molecule has 24 heavy (non-hydrogen) atoms. The highest BCUT2D eigenvalue weighted by Crippen LogP contribution is 2.24. The third kappa shape index (κ3) is 5.37. The highest BCUT2D eigenvalue weighted by atomic mass is 32.2. The molecule has 0 saturated heterocycles. The molecule has 1 saturated carbocycles. The SMILES string of the molecule is CCOC(=O)[C@@H]1CCC/C1=N/NC(=O)[C@@H](C)SCc1ccccc1. The second kappa shape index (κ2) is 9.47. The fraction of sp³-hybridized carbons (Fsp3) is 0.500. The smallest absolute Gasteiger partial charge is 0.314 e. The molecule has 1 aromatic rings. The number of esters is 1. The Morgan fingerprint density at radius 2 is 2.12 bits per heavy atom. The largest absolute Gasteiger partial charge is 0.465 e. The monoisotopic (exact) mass is 348 g/mol. The summed E-state index contributed by atoms with van der Waals surface area (Å²) in [4.78, 5) is 24.0. The van der Waals surface area contributed by atoms with Crippen molar-refractivity contribution in [3.05, 3.63) is 35.9 Å². The van der Waals surface area contributed by atoms with E-state index >= 15 is 0 Å². The van der Waals surface area contributed by atoms with Crippen molar-refractivity contribution in [2.75, 3.05) is 6.61 Å². The molecule has 0 unspecified atom stereocenters. The van der Waals surface area contributed by atoms with Crippen LogP contribution in [0.2, 0.25) is 0 Å². The lowest BCUT2D eigenvalue weighted by molar-refractivity contribution is -0.145. The van der Waals surface area contributed by atoms with Gasteiger partial charge in [0.1, 0.15) is 0 Å². The molecule has 1 amide bonds. The van der Waals surface area contributed by atoms with Gasteiger partial charge in [0.15, 0.2) is 0 Å². The number of ether oxygens (including phenoxy) is 1. The Morgan fingerprint density at radius 1 is 1.38 bits per heavy atom. The van der Waals surface area contributed by atoms with Crippen molar-refractivity contribution in [3.63, 3.8) is 0 Å². The van der Waals surface area contributed by atoms with Gasteiger partial charge in [-0.05, 0) is 38.7 Å². The molecule has 0 heterocycles. The van der Waals surface area contributed by atoms with Gasteiger partial charge in [-0.1, -0.05) is 30.3 Å². The average Bonchev–Trinajstić information content (AvgIpc) is 3.07. The van der Waals surface area contributed by atoms with E-state index in [1.54, 1.807) is 18.7 Å². The molecule has 2 atom stereocenters. The Bertz CT molecular complexity index is 589. The third-order valence-corrected chi connectivity index (χ3v) is 5.13. The Morgan fingerprint density at radius 3 is 2.83 bits per heavy atom. The summed E-state index contributed by atoms with van der Waals surface area (Å²) in [6.07, 6.45) is 2.37. The summed E-state index contributed by atoms with van der Waals surface area (Å²) in [5.41, 5.74) is 4.52. The molecule has 1 N–H and O–H groups in total. The zero-order valence-electron chi connectivity index (χ0n) is 14.2. The zero-order valence-corrected chi connectivity index (χ0v) is 15.0. The summed E-state index contributed by atoms with van der Waals surface area (Å²) in [6, 6.07) is 10.0. The molecule has 0 bridgehead atoms. The standard InChI is InChI=1S/C18H24N2O3S/c1-3-23-18(22)15-10-7-11-16(15)19-20-17(21)13(2)24-12-14-8-5-4-6-9-14/h4-6,8-9,13,15H,3,7,10-12H2,1-2H3,(H,20,21)/b19-16-/t13-,15-/m1/s1. The lowest BCUT2D eigenvalue weighted by Gasteiger charge is -2.12. The minimum Gasteiger partial charge on any atom is -0.465 e. The van der Waals surface area contributed by atoms with E-state index in [0.717, 1.165) is 30.7 Å². The number of hydrogen-bond donors (Lipinski definition) is 1. The molecule has 0 spiro atoms. The van der Waals surface area contributed by atoms with E-state index in [2.05, 4.69) is 10.5 Å². The highest BCUT2D eigenvalue weighted by Gasteiger charge is 2.30. The van der Waals surface area contributed by atoms with Crippen LogP contribution >= 0.6 is 11.8 Å². The fourth-order valence-corrected chi connectivity index (χ4v) is 3.39. The number of carbonyl (C=O) groups is 2. The first-order valence-corrected chi connectivity index (χ1v) is 9.35. The van der Waals surface area contributed by atoms with Gasteiger partial charge >= 0.3 is 5.97 Å². The van der Waals surface area contributed by atoms with Gasteiger partial charge in [-0.2, -0.15) is 5.10 Å². The maximum atomic E-state index is 12.2. The Kier molecular flexibility index (Phi) is 7.31. The predicted octanol–water partition coefficient (Wildman–Crippen LogP) is 3.14. The minimum absolute atomic E-state index is 0.141. The van der Waals surface area contributed by atoms with Crippen LogP contribution in [0.25, 0.3) is 0 Å². The Hall–Kier alpha value is -1.82. The number of nitrogens with one attached hydrogen (secondary N) is 1. The molecule has 0 radical (unpaired) electrons. The third-order valence-electron chi connectivity index (χ3n) is 3.92. The van der Waals surface area contributed by atoms with Crippen molar-refractivity contribution in [1.29, 1.82) is 0 Å². The molecule has 1 aliphatic carbocycles. The van der Waals surface area contributed by atoms with Crippen LogP contribution in [-0.2, 0) is 20.1 Å². The van der Waals surface area contributed by atoms with Gasteiger partial charge in [0.2, 0.25) is 0 Å². The number of hydrogen-bond acceptors (Lipinski definition) is 5. The molecule has 0 aliphatic heterocycles. The number of carbonyl (C=O) groups excluding carboxylic acids is 2. The molecule has 1 fully saturated rings. The van der Waals surface area contributed by atoms with Gasteiger partial charge in [0, 0.05) is 5.75 Å². The molecule has 2 rings (SSSR count). The molecule has 0 aromatic heterocycles. The summed E-state index contributed by atoms with van der Waals surface area (Å²) >= 11 is 1.56. The molecular formula is C18H24N2O3S. The van der Waals surface area contributed by atoms with Gasteiger partial charge in [0.05, 0.1) is 23.5 Å². The quantitative estimate of drug-likeness (QED) is 0.607. The van der Waals surface area contributed by atoms with Crippen molar-refractivity contribution in [2.24, 2.45) is 11.0 Å². The van der Waals surface area contributed by atoms with Crippen LogP contribution in [0.1, 0.15) is 38.7 Å². The van der Waals surface area contributed by atoms with Crippen molar-refractivity contribution >= 4 is 29.4 Å². The van der Waals surface area contributed by atoms with Gasteiger partial charge in [-0.25, -0.2) is 5.43 Å². The van der Waals surface area contributed by atoms with Crippen molar-refractivity contribution in [1.82, 2.24) is 5.43 Å². The van der Waals surface area contributed by atoms with Gasteiger partial charge in [-0.15, -0.1) is 11.8 Å². The molecule has 130 valence electrons. The van der Waals surface area contributed by atoms with Crippen LogP contribution in [-0.4, -0.2) is 29.4 Å². The summed E-state index contributed by atoms with van der Waals surface area (Å²) in [5, 5.41) is 3.98. The van der Waals surface area contributed by atoms with Crippen LogP contribution in [0.3, 0.4) is 0 Å². The molecule has 1 aliphatic rings. The first-order chi connectivity index (χ1) is 11.6. The Balaban J connectivity index is 1.83. The van der Waals surface area contributed by atoms with Crippen molar-refractivity contribution in [3.8, 4) is 0 Å². The first-order valence-electron chi connectivity index (χ1n) is 8.30. The molecule has 6 heteroatoms. The van der Waals surface area contributed by atoms with E-state index < -0.39 is 0 Å². The molecular weight excluding hydrogens is 324 g/mol. The molecule has 1 aromatic carbocycles. The number of hydrazone groups is 1. The predicted molar refractivity (Wildman–Crippen MR) is 96.8 cm³/mol. The second-order valence-corrected chi connectivity index (χ2v) is 7.04. The second-order valence-electron chi connectivity index (χ2n) is 5.71. The minimum atomic E-state index is -0.308. The van der Waals surface area contributed by atoms with Crippen LogP contribution in [0, 0.1) is 5.92 Å². The van der Waals surface area contributed by atoms with Gasteiger partial charge in [0.25, 0.3) is 5.91 Å². The van der Waals surface area contributed by atoms with E-state index in [4.69, 9.17) is 4.74 Å². The van der Waals surface area contributed by atoms with E-state index in [1.807, 2.05) is 37.3 Å². The summed E-state index contributed by atoms with van der Waals surface area (Å²) in [5.74, 6) is 0.0854. The summed E-state index contributed by atoms with van der Waals surface area (Å²) in [6.45, 7) is 4.01. The number of benzene rings is 1. The zero-order chi connectivity index (χ0) is 17.4. The van der Waals surface area contributed by atoms with Crippen molar-refractivity contribution in [2.45, 2.75) is 44.1 Å². The molecule has 5 nitrogen and oxygen atoms in total. The van der Waals surface area contributed by atoms with Crippen LogP contribution in [0.4, 0.5) is 0 Å². The first kappa shape index (κ1) is 18.5. The number of nitrogens with zero attached hydrogens (tertiary/aromatic N) is 1. The topological polar surface area (TPSA) is 67.8 Å². The summed E-state index contributed by atoms with van der Waals surface area (Å²) < 4.78 is 5.06. The normalized spacial score (nSPS) is 19.9. The lowest BCUT2D eigenvalue weighted by Crippen LogP contribution is -2.30. The number of rotatable bonds is 7. The number of amides is 1. The highest BCUT2D eigenvalue weighted by molar-refractivity contribution is 7.99. The lowest BCUT2D eigenvalue weighted by atomic mass is 10.1. The van der Waals surface area contributed by atoms with E-state index in [1.165, 1.54) is 5.56 Å².